The summed E-state index contributed by atoms with van der Waals surface area (Å²) in [6.07, 6.45) is 0. The number of sulfone groups is 1. The van der Waals surface area contributed by atoms with Gasteiger partial charge in [-0.3, -0.25) is 4.79 Å². The maximum Gasteiger partial charge on any atom is 0.235 e. The first-order chi connectivity index (χ1) is 13.7. The van der Waals surface area contributed by atoms with Crippen LogP contribution in [0.2, 0.25) is 0 Å². The highest BCUT2D eigenvalue weighted by Crippen LogP contribution is 2.34. The van der Waals surface area contributed by atoms with E-state index in [2.05, 4.69) is 21.2 Å². The second-order valence-corrected chi connectivity index (χ2v) is 10.0. The van der Waals surface area contributed by atoms with Crippen molar-refractivity contribution in [3.8, 4) is 0 Å². The first kappa shape index (κ1) is 21.3. The fraction of sp³-hybridized carbons (Fsp3) is 0.174. The Morgan fingerprint density at radius 1 is 0.931 bits per heavy atom. The van der Waals surface area contributed by atoms with Crippen LogP contribution in [-0.2, 0) is 20.0 Å². The molecule has 6 heteroatoms. The SMILES string of the molecule is Cc1ccc(S(=O)(=O)CC(C)(C(=O)Nc2ccccc2)c2ccccc2Br)cc1. The van der Waals surface area contributed by atoms with Crippen LogP contribution < -0.4 is 5.32 Å². The van der Waals surface area contributed by atoms with Crippen LogP contribution in [0.1, 0.15) is 18.1 Å². The molecule has 1 N–H and O–H groups in total. The summed E-state index contributed by atoms with van der Waals surface area (Å²) in [6, 6.07) is 22.9. The molecule has 0 saturated carbocycles. The lowest BCUT2D eigenvalue weighted by Gasteiger charge is -2.29. The Balaban J connectivity index is 2.04. The summed E-state index contributed by atoms with van der Waals surface area (Å²) >= 11 is 3.48. The predicted octanol–water partition coefficient (Wildman–Crippen LogP) is 5.13. The lowest BCUT2D eigenvalue weighted by molar-refractivity contribution is -0.120. The fourth-order valence-corrected chi connectivity index (χ4v) is 5.66. The molecule has 3 aromatic rings. The van der Waals surface area contributed by atoms with Crippen molar-refractivity contribution in [3.05, 3.63) is 94.5 Å². The van der Waals surface area contributed by atoms with E-state index < -0.39 is 15.3 Å². The Morgan fingerprint density at radius 3 is 2.14 bits per heavy atom. The summed E-state index contributed by atoms with van der Waals surface area (Å²) in [5.41, 5.74) is 0.895. The molecule has 1 amide bonds. The zero-order chi connectivity index (χ0) is 21.1. The number of rotatable bonds is 6. The van der Waals surface area contributed by atoms with Gasteiger partial charge >= 0.3 is 0 Å². The number of carbonyl (C=O) groups excluding carboxylic acids is 1. The van der Waals surface area contributed by atoms with Crippen molar-refractivity contribution in [2.45, 2.75) is 24.2 Å². The highest BCUT2D eigenvalue weighted by atomic mass is 79.9. The molecule has 0 aromatic heterocycles. The third-order valence-corrected chi connectivity index (χ3v) is 7.50. The summed E-state index contributed by atoms with van der Waals surface area (Å²) in [4.78, 5) is 13.6. The highest BCUT2D eigenvalue weighted by Gasteiger charge is 2.41. The van der Waals surface area contributed by atoms with E-state index in [0.29, 0.717) is 15.7 Å². The summed E-state index contributed by atoms with van der Waals surface area (Å²) in [7, 11) is -3.72. The van der Waals surface area contributed by atoms with E-state index in [1.54, 1.807) is 55.5 Å². The summed E-state index contributed by atoms with van der Waals surface area (Å²) in [5, 5.41) is 2.87. The molecule has 0 aliphatic rings. The van der Waals surface area contributed by atoms with E-state index in [-0.39, 0.29) is 16.6 Å². The van der Waals surface area contributed by atoms with Crippen molar-refractivity contribution in [1.29, 1.82) is 0 Å². The minimum Gasteiger partial charge on any atom is -0.325 e. The van der Waals surface area contributed by atoms with Crippen molar-refractivity contribution < 1.29 is 13.2 Å². The molecule has 150 valence electrons. The van der Waals surface area contributed by atoms with Gasteiger partial charge in [-0.1, -0.05) is 70.0 Å². The second kappa shape index (κ2) is 8.51. The number of carbonyl (C=O) groups is 1. The maximum atomic E-state index is 13.4. The molecule has 0 radical (unpaired) electrons. The number of anilines is 1. The van der Waals surface area contributed by atoms with Crippen molar-refractivity contribution in [2.24, 2.45) is 0 Å². The first-order valence-electron chi connectivity index (χ1n) is 9.13. The summed E-state index contributed by atoms with van der Waals surface area (Å²) in [6.45, 7) is 3.56. The van der Waals surface area contributed by atoms with Crippen molar-refractivity contribution in [3.63, 3.8) is 0 Å². The number of halogens is 1. The van der Waals surface area contributed by atoms with E-state index in [0.717, 1.165) is 5.56 Å². The largest absolute Gasteiger partial charge is 0.325 e. The quantitative estimate of drug-likeness (QED) is 0.541. The number of amides is 1. The van der Waals surface area contributed by atoms with Crippen molar-refractivity contribution in [2.75, 3.05) is 11.1 Å². The van der Waals surface area contributed by atoms with Crippen LogP contribution in [0.25, 0.3) is 0 Å². The van der Waals surface area contributed by atoms with Gasteiger partial charge in [-0.15, -0.1) is 0 Å². The summed E-state index contributed by atoms with van der Waals surface area (Å²) < 4.78 is 27.1. The van der Waals surface area contributed by atoms with Crippen molar-refractivity contribution >= 4 is 37.4 Å². The van der Waals surface area contributed by atoms with Crippen LogP contribution >= 0.6 is 15.9 Å². The molecule has 3 aromatic carbocycles. The number of hydrogen-bond acceptors (Lipinski definition) is 3. The Labute approximate surface area is 180 Å². The Bertz CT molecular complexity index is 1110. The lowest BCUT2D eigenvalue weighted by atomic mass is 9.83. The molecule has 0 heterocycles. The number of hydrogen-bond donors (Lipinski definition) is 1. The third kappa shape index (κ3) is 4.77. The van der Waals surface area contributed by atoms with Gasteiger partial charge in [-0.05, 0) is 49.7 Å². The topological polar surface area (TPSA) is 63.2 Å². The zero-order valence-electron chi connectivity index (χ0n) is 16.2. The molecule has 0 aliphatic heterocycles. The second-order valence-electron chi connectivity index (χ2n) is 7.20. The minimum atomic E-state index is -3.72. The molecular formula is C23H22BrNO3S. The molecule has 0 spiro atoms. The Hall–Kier alpha value is -2.44. The van der Waals surface area contributed by atoms with Gasteiger partial charge in [0, 0.05) is 10.2 Å². The normalized spacial score (nSPS) is 13.5. The standard InChI is InChI=1S/C23H22BrNO3S/c1-17-12-14-19(15-13-17)29(27,28)16-23(2,20-10-6-7-11-21(20)24)22(26)25-18-8-4-3-5-9-18/h3-15H,16H2,1-2H3,(H,25,26). The van der Waals surface area contributed by atoms with Crippen LogP contribution in [0.3, 0.4) is 0 Å². The number of aryl methyl sites for hydroxylation is 1. The Kier molecular flexibility index (Phi) is 6.24. The molecule has 1 unspecified atom stereocenters. The molecule has 29 heavy (non-hydrogen) atoms. The molecular weight excluding hydrogens is 450 g/mol. The van der Waals surface area contributed by atoms with E-state index in [4.69, 9.17) is 0 Å². The molecule has 4 nitrogen and oxygen atoms in total. The van der Waals surface area contributed by atoms with Gasteiger partial charge in [0.1, 0.15) is 0 Å². The molecule has 0 saturated heterocycles. The highest BCUT2D eigenvalue weighted by molar-refractivity contribution is 9.10. The first-order valence-corrected chi connectivity index (χ1v) is 11.6. The van der Waals surface area contributed by atoms with Crippen LogP contribution in [0.4, 0.5) is 5.69 Å². The van der Waals surface area contributed by atoms with Crippen LogP contribution in [0.5, 0.6) is 0 Å². The maximum absolute atomic E-state index is 13.4. The van der Waals surface area contributed by atoms with E-state index in [1.807, 2.05) is 37.3 Å². The average molecular weight is 472 g/mol. The lowest BCUT2D eigenvalue weighted by Crippen LogP contribution is -2.43. The van der Waals surface area contributed by atoms with Gasteiger partial charge in [0.15, 0.2) is 9.84 Å². The van der Waals surface area contributed by atoms with Crippen LogP contribution in [-0.4, -0.2) is 20.1 Å². The number of benzene rings is 3. The van der Waals surface area contributed by atoms with E-state index >= 15 is 0 Å². The van der Waals surface area contributed by atoms with Crippen molar-refractivity contribution in [1.82, 2.24) is 0 Å². The number of para-hydroxylation sites is 1. The molecule has 0 aliphatic carbocycles. The van der Waals surface area contributed by atoms with Gasteiger partial charge in [-0.25, -0.2) is 8.42 Å². The van der Waals surface area contributed by atoms with Gasteiger partial charge in [-0.2, -0.15) is 0 Å². The van der Waals surface area contributed by atoms with Gasteiger partial charge < -0.3 is 5.32 Å². The minimum absolute atomic E-state index is 0.203. The molecule has 3 rings (SSSR count). The fourth-order valence-electron chi connectivity index (χ4n) is 3.17. The van der Waals surface area contributed by atoms with Crippen LogP contribution in [0, 0.1) is 6.92 Å². The smallest absolute Gasteiger partial charge is 0.235 e. The summed E-state index contributed by atoms with van der Waals surface area (Å²) in [5.74, 6) is -0.740. The Morgan fingerprint density at radius 2 is 1.52 bits per heavy atom. The molecule has 0 bridgehead atoms. The van der Waals surface area contributed by atoms with Gasteiger partial charge in [0.05, 0.1) is 16.1 Å². The number of nitrogens with one attached hydrogen (secondary N) is 1. The van der Waals surface area contributed by atoms with Crippen LogP contribution in [0.15, 0.2) is 88.2 Å². The third-order valence-electron chi connectivity index (χ3n) is 4.86. The average Bonchev–Trinajstić information content (AvgIpc) is 2.69. The predicted molar refractivity (Wildman–Crippen MR) is 120 cm³/mol. The monoisotopic (exact) mass is 471 g/mol. The van der Waals surface area contributed by atoms with Gasteiger partial charge in [0.25, 0.3) is 0 Å². The van der Waals surface area contributed by atoms with Gasteiger partial charge in [0.2, 0.25) is 5.91 Å². The zero-order valence-corrected chi connectivity index (χ0v) is 18.6. The molecule has 0 fully saturated rings. The molecule has 1 atom stereocenters. The van der Waals surface area contributed by atoms with E-state index in [1.165, 1.54) is 0 Å². The van der Waals surface area contributed by atoms with E-state index in [9.17, 15) is 13.2 Å².